The molecular formula is C17H14N2O3. The summed E-state index contributed by atoms with van der Waals surface area (Å²) >= 11 is 0. The summed E-state index contributed by atoms with van der Waals surface area (Å²) in [7, 11) is 0. The maximum absolute atomic E-state index is 12.9. The van der Waals surface area contributed by atoms with Gasteiger partial charge < -0.3 is 4.74 Å². The molecule has 0 saturated carbocycles. The lowest BCUT2D eigenvalue weighted by atomic mass is 10.2. The Hall–Kier alpha value is -2.95. The molecule has 3 aromatic rings. The predicted molar refractivity (Wildman–Crippen MR) is 81.9 cm³/mol. The SMILES string of the molecule is CC(=O)Oc1ccccc1C(=O)n1c(C)nc2ccccc21. The third-order valence-electron chi connectivity index (χ3n) is 3.30. The van der Waals surface area contributed by atoms with Crippen LogP contribution in [0.2, 0.25) is 0 Å². The number of carbonyl (C=O) groups is 2. The number of ether oxygens (including phenoxy) is 1. The maximum Gasteiger partial charge on any atom is 0.308 e. The summed E-state index contributed by atoms with van der Waals surface area (Å²) in [5.41, 5.74) is 1.80. The van der Waals surface area contributed by atoms with Gasteiger partial charge in [-0.2, -0.15) is 0 Å². The summed E-state index contributed by atoms with van der Waals surface area (Å²) in [6, 6.07) is 14.1. The van der Waals surface area contributed by atoms with E-state index in [0.29, 0.717) is 11.4 Å². The van der Waals surface area contributed by atoms with Crippen LogP contribution in [0.3, 0.4) is 0 Å². The highest BCUT2D eigenvalue weighted by Gasteiger charge is 2.19. The third-order valence-corrected chi connectivity index (χ3v) is 3.30. The van der Waals surface area contributed by atoms with Crippen LogP contribution >= 0.6 is 0 Å². The molecule has 2 aromatic carbocycles. The van der Waals surface area contributed by atoms with Crippen LogP contribution in [0.1, 0.15) is 23.1 Å². The maximum atomic E-state index is 12.9. The molecule has 5 nitrogen and oxygen atoms in total. The zero-order valence-electron chi connectivity index (χ0n) is 12.2. The number of esters is 1. The van der Waals surface area contributed by atoms with Crippen LogP contribution in [0.5, 0.6) is 5.75 Å². The fourth-order valence-electron chi connectivity index (χ4n) is 2.41. The second-order valence-electron chi connectivity index (χ2n) is 4.88. The predicted octanol–water partition coefficient (Wildman–Crippen LogP) is 2.96. The summed E-state index contributed by atoms with van der Waals surface area (Å²) in [5.74, 6) is 0.0940. The van der Waals surface area contributed by atoms with Crippen molar-refractivity contribution in [2.45, 2.75) is 13.8 Å². The summed E-state index contributed by atoms with van der Waals surface area (Å²) < 4.78 is 6.65. The fourth-order valence-corrected chi connectivity index (χ4v) is 2.41. The number of carbonyl (C=O) groups excluding carboxylic acids is 2. The molecule has 0 amide bonds. The van der Waals surface area contributed by atoms with Gasteiger partial charge in [0, 0.05) is 6.92 Å². The van der Waals surface area contributed by atoms with E-state index in [1.54, 1.807) is 31.2 Å². The number of imidazole rings is 1. The normalized spacial score (nSPS) is 10.6. The van der Waals surface area contributed by atoms with Crippen molar-refractivity contribution in [2.24, 2.45) is 0 Å². The van der Waals surface area contributed by atoms with Crippen LogP contribution in [-0.2, 0) is 4.79 Å². The van der Waals surface area contributed by atoms with Crippen molar-refractivity contribution in [3.8, 4) is 5.75 Å². The van der Waals surface area contributed by atoms with Crippen molar-refractivity contribution < 1.29 is 14.3 Å². The second-order valence-corrected chi connectivity index (χ2v) is 4.88. The smallest absolute Gasteiger partial charge is 0.308 e. The first-order valence-electron chi connectivity index (χ1n) is 6.84. The Morgan fingerprint density at radius 3 is 2.50 bits per heavy atom. The number of aromatic nitrogens is 2. The molecule has 0 atom stereocenters. The minimum atomic E-state index is -0.465. The molecule has 0 bridgehead atoms. The Bertz CT molecular complexity index is 880. The summed E-state index contributed by atoms with van der Waals surface area (Å²) in [4.78, 5) is 28.5. The number of benzene rings is 2. The first-order chi connectivity index (χ1) is 10.6. The van der Waals surface area contributed by atoms with Crippen molar-refractivity contribution in [2.75, 3.05) is 0 Å². The zero-order valence-corrected chi connectivity index (χ0v) is 12.2. The van der Waals surface area contributed by atoms with Crippen molar-refractivity contribution in [1.82, 2.24) is 9.55 Å². The van der Waals surface area contributed by atoms with Gasteiger partial charge in [-0.05, 0) is 31.2 Å². The summed E-state index contributed by atoms with van der Waals surface area (Å²) in [5, 5.41) is 0. The minimum Gasteiger partial charge on any atom is -0.426 e. The standard InChI is InChI=1S/C17H14N2O3/c1-11-18-14-8-4-5-9-15(14)19(11)17(21)13-7-3-6-10-16(13)22-12(2)20/h3-10H,1-2H3. The van der Waals surface area contributed by atoms with Gasteiger partial charge in [0.15, 0.2) is 0 Å². The van der Waals surface area contributed by atoms with E-state index in [-0.39, 0.29) is 11.7 Å². The highest BCUT2D eigenvalue weighted by atomic mass is 16.5. The van der Waals surface area contributed by atoms with Gasteiger partial charge in [0.05, 0.1) is 16.6 Å². The first-order valence-corrected chi connectivity index (χ1v) is 6.84. The third kappa shape index (κ3) is 2.37. The highest BCUT2D eigenvalue weighted by molar-refractivity contribution is 6.03. The molecule has 22 heavy (non-hydrogen) atoms. The monoisotopic (exact) mass is 294 g/mol. The number of hydrogen-bond donors (Lipinski definition) is 0. The zero-order chi connectivity index (χ0) is 15.7. The van der Waals surface area contributed by atoms with Crippen LogP contribution in [-0.4, -0.2) is 21.4 Å². The molecular weight excluding hydrogens is 280 g/mol. The van der Waals surface area contributed by atoms with E-state index in [4.69, 9.17) is 4.74 Å². The molecule has 0 fully saturated rings. The van der Waals surface area contributed by atoms with E-state index in [0.717, 1.165) is 11.0 Å². The average Bonchev–Trinajstić information content (AvgIpc) is 2.82. The summed E-state index contributed by atoms with van der Waals surface area (Å²) in [6.45, 7) is 3.07. The summed E-state index contributed by atoms with van der Waals surface area (Å²) in [6.07, 6.45) is 0. The van der Waals surface area contributed by atoms with Gasteiger partial charge in [-0.15, -0.1) is 0 Å². The van der Waals surface area contributed by atoms with E-state index >= 15 is 0 Å². The molecule has 0 aliphatic carbocycles. The fraction of sp³-hybridized carbons (Fsp3) is 0.118. The molecule has 0 N–H and O–H groups in total. The van der Waals surface area contributed by atoms with Gasteiger partial charge in [0.25, 0.3) is 5.91 Å². The first kappa shape index (κ1) is 14.0. The Morgan fingerprint density at radius 2 is 1.73 bits per heavy atom. The van der Waals surface area contributed by atoms with Gasteiger partial charge in [-0.1, -0.05) is 24.3 Å². The number of para-hydroxylation sites is 3. The molecule has 0 unspecified atom stereocenters. The number of fused-ring (bicyclic) bond motifs is 1. The van der Waals surface area contributed by atoms with Gasteiger partial charge in [0.2, 0.25) is 0 Å². The minimum absolute atomic E-state index is 0.247. The number of rotatable bonds is 2. The molecule has 0 aliphatic heterocycles. The quantitative estimate of drug-likeness (QED) is 0.538. The van der Waals surface area contributed by atoms with Crippen LogP contribution < -0.4 is 4.74 Å². The van der Waals surface area contributed by atoms with Crippen molar-refractivity contribution in [3.63, 3.8) is 0 Å². The molecule has 0 saturated heterocycles. The second kappa shape index (κ2) is 5.44. The van der Waals surface area contributed by atoms with E-state index in [2.05, 4.69) is 4.98 Å². The van der Waals surface area contributed by atoms with Gasteiger partial charge in [0.1, 0.15) is 11.6 Å². The van der Waals surface area contributed by atoms with E-state index in [1.807, 2.05) is 24.3 Å². The highest BCUT2D eigenvalue weighted by Crippen LogP contribution is 2.23. The number of nitrogens with zero attached hydrogens (tertiary/aromatic N) is 2. The molecule has 0 radical (unpaired) electrons. The van der Waals surface area contributed by atoms with Gasteiger partial charge >= 0.3 is 5.97 Å². The van der Waals surface area contributed by atoms with Crippen LogP contribution in [0.25, 0.3) is 11.0 Å². The molecule has 1 aromatic heterocycles. The number of aryl methyl sites for hydroxylation is 1. The Kier molecular flexibility index (Phi) is 3.47. The van der Waals surface area contributed by atoms with Crippen molar-refractivity contribution >= 4 is 22.9 Å². The largest absolute Gasteiger partial charge is 0.426 e. The lowest BCUT2D eigenvalue weighted by Crippen LogP contribution is -2.16. The number of hydrogen-bond acceptors (Lipinski definition) is 4. The van der Waals surface area contributed by atoms with Crippen molar-refractivity contribution in [3.05, 3.63) is 59.9 Å². The van der Waals surface area contributed by atoms with Gasteiger partial charge in [-0.25, -0.2) is 4.98 Å². The molecule has 0 spiro atoms. The van der Waals surface area contributed by atoms with E-state index < -0.39 is 5.97 Å². The van der Waals surface area contributed by atoms with Crippen LogP contribution in [0.4, 0.5) is 0 Å². The van der Waals surface area contributed by atoms with Gasteiger partial charge in [-0.3, -0.25) is 14.2 Å². The molecule has 1 heterocycles. The van der Waals surface area contributed by atoms with E-state index in [9.17, 15) is 9.59 Å². The van der Waals surface area contributed by atoms with Crippen molar-refractivity contribution in [1.29, 1.82) is 0 Å². The Morgan fingerprint density at radius 1 is 1.05 bits per heavy atom. The average molecular weight is 294 g/mol. The molecule has 0 aliphatic rings. The lowest BCUT2D eigenvalue weighted by molar-refractivity contribution is -0.131. The van der Waals surface area contributed by atoms with E-state index in [1.165, 1.54) is 11.5 Å². The Balaban J connectivity index is 2.15. The molecule has 5 heteroatoms. The topological polar surface area (TPSA) is 61.2 Å². The van der Waals surface area contributed by atoms with Crippen LogP contribution in [0, 0.1) is 6.92 Å². The lowest BCUT2D eigenvalue weighted by Gasteiger charge is -2.10. The van der Waals surface area contributed by atoms with Crippen LogP contribution in [0.15, 0.2) is 48.5 Å². The molecule has 3 rings (SSSR count). The molecule has 110 valence electrons. The Labute approximate surface area is 127 Å².